The third-order valence-electron chi connectivity index (χ3n) is 2.00. The minimum Gasteiger partial charge on any atom is -0.283 e. The van der Waals surface area contributed by atoms with Crippen molar-refractivity contribution >= 4 is 0 Å². The summed E-state index contributed by atoms with van der Waals surface area (Å²) in [6.07, 6.45) is 0. The van der Waals surface area contributed by atoms with E-state index in [1.54, 1.807) is 0 Å². The highest BCUT2D eigenvalue weighted by Crippen LogP contribution is 2.10. The second-order valence-electron chi connectivity index (χ2n) is 2.97. The van der Waals surface area contributed by atoms with Crippen LogP contribution in [-0.4, -0.2) is 14.8 Å². The molecule has 0 unspecified atom stereocenters. The Balaban J connectivity index is 2.59. The molecule has 0 spiro atoms. The van der Waals surface area contributed by atoms with E-state index in [0.29, 0.717) is 0 Å². The van der Waals surface area contributed by atoms with Gasteiger partial charge in [0.15, 0.2) is 0 Å². The first-order chi connectivity index (χ1) is 6.29. The van der Waals surface area contributed by atoms with Gasteiger partial charge in [0.25, 0.3) is 0 Å². The molecule has 0 saturated carbocycles. The number of benzene rings is 1. The normalized spacial score (nSPS) is 10.3. The molecule has 0 atom stereocenters. The lowest BCUT2D eigenvalue weighted by molar-refractivity contribution is 0.938. The topological polar surface area (TPSA) is 30.7 Å². The number of aryl methyl sites for hydroxylation is 2. The van der Waals surface area contributed by atoms with Crippen molar-refractivity contribution in [3.8, 4) is 5.69 Å². The Kier molecular flexibility index (Phi) is 1.85. The maximum Gasteiger partial charge on any atom is 0.134 e. The quantitative estimate of drug-likeness (QED) is 0.659. The Morgan fingerprint density at radius 1 is 0.923 bits per heavy atom. The van der Waals surface area contributed by atoms with Gasteiger partial charge in [-0.2, -0.15) is 0 Å². The molecule has 1 aromatic carbocycles. The minimum atomic E-state index is 0.920. The Morgan fingerprint density at radius 3 is 2.00 bits per heavy atom. The summed E-state index contributed by atoms with van der Waals surface area (Å²) in [7, 11) is 0. The molecule has 66 valence electrons. The van der Waals surface area contributed by atoms with Crippen LogP contribution < -0.4 is 0 Å². The third kappa shape index (κ3) is 1.33. The molecule has 0 aliphatic heterocycles. The molecule has 1 aromatic heterocycles. The summed E-state index contributed by atoms with van der Waals surface area (Å²) < 4.78 is 2.03. The van der Waals surface area contributed by atoms with E-state index in [0.717, 1.165) is 17.3 Å². The highest BCUT2D eigenvalue weighted by atomic mass is 15.3. The van der Waals surface area contributed by atoms with Crippen molar-refractivity contribution in [2.45, 2.75) is 13.8 Å². The smallest absolute Gasteiger partial charge is 0.134 e. The van der Waals surface area contributed by atoms with Crippen molar-refractivity contribution < 1.29 is 0 Å². The summed E-state index contributed by atoms with van der Waals surface area (Å²) in [4.78, 5) is 0. The van der Waals surface area contributed by atoms with E-state index in [-0.39, 0.29) is 0 Å². The monoisotopic (exact) mass is 173 g/mol. The van der Waals surface area contributed by atoms with Gasteiger partial charge < -0.3 is 0 Å². The average molecular weight is 173 g/mol. The largest absolute Gasteiger partial charge is 0.283 e. The summed E-state index contributed by atoms with van der Waals surface area (Å²) in [6, 6.07) is 10.1. The predicted molar refractivity (Wildman–Crippen MR) is 50.8 cm³/mol. The fraction of sp³-hybridized carbons (Fsp3) is 0.200. The molecule has 0 amide bonds. The van der Waals surface area contributed by atoms with E-state index in [9.17, 15) is 0 Å². The first-order valence-corrected chi connectivity index (χ1v) is 4.23. The summed E-state index contributed by atoms with van der Waals surface area (Å²) in [5.74, 6) is 1.84. The van der Waals surface area contributed by atoms with Crippen LogP contribution in [0.2, 0.25) is 0 Å². The first-order valence-electron chi connectivity index (χ1n) is 4.23. The van der Waals surface area contributed by atoms with Crippen molar-refractivity contribution in [2.75, 3.05) is 0 Å². The molecule has 2 aromatic rings. The van der Waals surface area contributed by atoms with Gasteiger partial charge in [-0.05, 0) is 26.0 Å². The van der Waals surface area contributed by atoms with E-state index >= 15 is 0 Å². The molecule has 0 fully saturated rings. The second kappa shape index (κ2) is 3.01. The summed E-state index contributed by atoms with van der Waals surface area (Å²) in [5.41, 5.74) is 1.11. The molecular formula is C10H11N3. The fourth-order valence-electron chi connectivity index (χ4n) is 1.42. The summed E-state index contributed by atoms with van der Waals surface area (Å²) >= 11 is 0. The molecule has 3 heteroatoms. The minimum absolute atomic E-state index is 0.920. The number of nitrogens with zero attached hydrogens (tertiary/aromatic N) is 3. The SMILES string of the molecule is Cc1nnc(C)n1-c1ccccc1. The van der Waals surface area contributed by atoms with Crippen LogP contribution in [0.3, 0.4) is 0 Å². The Labute approximate surface area is 77.0 Å². The molecule has 0 bridgehead atoms. The Bertz CT molecular complexity index is 384. The molecule has 1 heterocycles. The lowest BCUT2D eigenvalue weighted by Crippen LogP contribution is -1.98. The number of aromatic nitrogens is 3. The zero-order valence-corrected chi connectivity index (χ0v) is 7.73. The van der Waals surface area contributed by atoms with Crippen molar-refractivity contribution in [3.05, 3.63) is 42.0 Å². The van der Waals surface area contributed by atoms with Gasteiger partial charge in [0, 0.05) is 5.69 Å². The van der Waals surface area contributed by atoms with Gasteiger partial charge in [0.05, 0.1) is 0 Å². The van der Waals surface area contributed by atoms with Gasteiger partial charge in [0.1, 0.15) is 11.6 Å². The lowest BCUT2D eigenvalue weighted by Gasteiger charge is -2.04. The second-order valence-corrected chi connectivity index (χ2v) is 2.97. The number of hydrogen-bond donors (Lipinski definition) is 0. The molecule has 0 saturated heterocycles. The summed E-state index contributed by atoms with van der Waals surface area (Å²) in [5, 5.41) is 8.01. The van der Waals surface area contributed by atoms with Gasteiger partial charge in [-0.1, -0.05) is 18.2 Å². The van der Waals surface area contributed by atoms with Gasteiger partial charge in [0.2, 0.25) is 0 Å². The van der Waals surface area contributed by atoms with Crippen LogP contribution in [0, 0.1) is 13.8 Å². The van der Waals surface area contributed by atoms with Gasteiger partial charge in [-0.3, -0.25) is 4.57 Å². The first kappa shape index (κ1) is 7.98. The third-order valence-corrected chi connectivity index (χ3v) is 2.00. The van der Waals surface area contributed by atoms with Crippen molar-refractivity contribution in [1.82, 2.24) is 14.8 Å². The molecular weight excluding hydrogens is 162 g/mol. The fourth-order valence-corrected chi connectivity index (χ4v) is 1.42. The van der Waals surface area contributed by atoms with E-state index < -0.39 is 0 Å². The molecule has 2 rings (SSSR count). The van der Waals surface area contributed by atoms with Gasteiger partial charge >= 0.3 is 0 Å². The molecule has 0 aliphatic rings. The highest BCUT2D eigenvalue weighted by molar-refractivity contribution is 5.33. The zero-order valence-electron chi connectivity index (χ0n) is 7.73. The van der Waals surface area contributed by atoms with Crippen LogP contribution in [0.4, 0.5) is 0 Å². The maximum atomic E-state index is 4.01. The van der Waals surface area contributed by atoms with Crippen molar-refractivity contribution in [1.29, 1.82) is 0 Å². The lowest BCUT2D eigenvalue weighted by atomic mass is 10.3. The highest BCUT2D eigenvalue weighted by Gasteiger charge is 2.04. The van der Waals surface area contributed by atoms with E-state index in [1.165, 1.54) is 0 Å². The van der Waals surface area contributed by atoms with Crippen LogP contribution in [-0.2, 0) is 0 Å². The van der Waals surface area contributed by atoms with Crippen LogP contribution >= 0.6 is 0 Å². The molecule has 13 heavy (non-hydrogen) atoms. The predicted octanol–water partition coefficient (Wildman–Crippen LogP) is 1.88. The Morgan fingerprint density at radius 2 is 1.46 bits per heavy atom. The number of hydrogen-bond acceptors (Lipinski definition) is 2. The summed E-state index contributed by atoms with van der Waals surface area (Å²) in [6.45, 7) is 3.90. The van der Waals surface area contributed by atoms with Crippen LogP contribution in [0.25, 0.3) is 5.69 Å². The van der Waals surface area contributed by atoms with E-state index in [1.807, 2.05) is 48.7 Å². The van der Waals surface area contributed by atoms with Crippen molar-refractivity contribution in [3.63, 3.8) is 0 Å². The van der Waals surface area contributed by atoms with E-state index in [2.05, 4.69) is 10.2 Å². The van der Waals surface area contributed by atoms with Crippen LogP contribution in [0.1, 0.15) is 11.6 Å². The average Bonchev–Trinajstić information content (AvgIpc) is 2.48. The Hall–Kier alpha value is -1.64. The van der Waals surface area contributed by atoms with Crippen molar-refractivity contribution in [2.24, 2.45) is 0 Å². The van der Waals surface area contributed by atoms with E-state index in [4.69, 9.17) is 0 Å². The number of para-hydroxylation sites is 1. The molecule has 3 nitrogen and oxygen atoms in total. The van der Waals surface area contributed by atoms with Crippen LogP contribution in [0.15, 0.2) is 30.3 Å². The molecule has 0 N–H and O–H groups in total. The van der Waals surface area contributed by atoms with Gasteiger partial charge in [-0.25, -0.2) is 0 Å². The van der Waals surface area contributed by atoms with Crippen LogP contribution in [0.5, 0.6) is 0 Å². The molecule has 0 radical (unpaired) electrons. The zero-order chi connectivity index (χ0) is 9.26. The van der Waals surface area contributed by atoms with Gasteiger partial charge in [-0.15, -0.1) is 10.2 Å². The standard InChI is InChI=1S/C10H11N3/c1-8-11-12-9(2)13(8)10-6-4-3-5-7-10/h3-7H,1-2H3. The number of rotatable bonds is 1. The maximum absolute atomic E-state index is 4.01. The molecule has 0 aliphatic carbocycles.